The molecule has 1 saturated heterocycles. The molecule has 0 spiro atoms. The highest BCUT2D eigenvalue weighted by Gasteiger charge is 2.23. The van der Waals surface area contributed by atoms with Crippen LogP contribution >= 0.6 is 11.6 Å². The average molecular weight is 521 g/mol. The molecular formula is C23H29ClN6O4S. The van der Waals surface area contributed by atoms with Gasteiger partial charge < -0.3 is 20.5 Å². The molecule has 1 aliphatic heterocycles. The number of anilines is 1. The molecule has 12 heteroatoms. The Bertz CT molecular complexity index is 1290. The van der Waals surface area contributed by atoms with Gasteiger partial charge in [0.05, 0.1) is 30.7 Å². The van der Waals surface area contributed by atoms with E-state index in [-0.39, 0.29) is 24.2 Å². The Balaban J connectivity index is 1.80. The third kappa shape index (κ3) is 5.88. The molecule has 0 radical (unpaired) electrons. The number of ether oxygens (including phenoxy) is 2. The van der Waals surface area contributed by atoms with E-state index in [0.29, 0.717) is 57.8 Å². The lowest BCUT2D eigenvalue weighted by molar-refractivity contribution is -0.191. The largest absolute Gasteiger partial charge is 0.354 e. The summed E-state index contributed by atoms with van der Waals surface area (Å²) in [5.74, 6) is 0.413. The van der Waals surface area contributed by atoms with Crippen LogP contribution in [-0.2, 0) is 27.0 Å². The van der Waals surface area contributed by atoms with Crippen LogP contribution in [0.5, 0.6) is 0 Å². The van der Waals surface area contributed by atoms with Gasteiger partial charge in [0, 0.05) is 40.3 Å². The Morgan fingerprint density at radius 3 is 2.66 bits per heavy atom. The maximum Gasteiger partial charge on any atom is 0.260 e. The molecule has 4 rings (SSSR count). The minimum Gasteiger partial charge on any atom is -0.354 e. The maximum absolute atomic E-state index is 13.7. The van der Waals surface area contributed by atoms with Gasteiger partial charge in [-0.25, -0.2) is 13.9 Å². The predicted octanol–water partition coefficient (Wildman–Crippen LogP) is 2.26. The number of benzene rings is 1. The summed E-state index contributed by atoms with van der Waals surface area (Å²) in [6.07, 6.45) is 1.01. The summed E-state index contributed by atoms with van der Waals surface area (Å²) in [7, 11) is -1.42. The first-order valence-corrected chi connectivity index (χ1v) is 12.9. The van der Waals surface area contributed by atoms with Crippen LogP contribution < -0.4 is 21.3 Å². The Morgan fingerprint density at radius 1 is 1.26 bits per heavy atom. The van der Waals surface area contributed by atoms with Crippen molar-refractivity contribution in [2.45, 2.75) is 50.6 Å². The fourth-order valence-electron chi connectivity index (χ4n) is 3.69. The molecule has 0 aliphatic carbocycles. The first-order valence-electron chi connectivity index (χ1n) is 11.4. The van der Waals surface area contributed by atoms with Crippen molar-refractivity contribution < 1.29 is 13.7 Å². The van der Waals surface area contributed by atoms with E-state index in [9.17, 15) is 9.00 Å². The predicted molar refractivity (Wildman–Crippen MR) is 137 cm³/mol. The van der Waals surface area contributed by atoms with E-state index in [0.717, 1.165) is 0 Å². The topological polar surface area (TPSA) is 133 Å². The Hall–Kier alpha value is -2.41. The lowest BCUT2D eigenvalue weighted by Crippen LogP contribution is -2.43. The van der Waals surface area contributed by atoms with Gasteiger partial charge in [0.1, 0.15) is 16.6 Å². The minimum atomic E-state index is -1.42. The number of nitrogens with one attached hydrogen (secondary N) is 2. The van der Waals surface area contributed by atoms with E-state index >= 15 is 0 Å². The summed E-state index contributed by atoms with van der Waals surface area (Å²) in [5.41, 5.74) is 6.87. The molecule has 188 valence electrons. The third-order valence-corrected chi connectivity index (χ3v) is 6.95. The monoisotopic (exact) mass is 520 g/mol. The lowest BCUT2D eigenvalue weighted by atomic mass is 10.1. The summed E-state index contributed by atoms with van der Waals surface area (Å²) < 4.78 is 28.3. The molecule has 1 fully saturated rings. The molecule has 1 aromatic carbocycles. The van der Waals surface area contributed by atoms with Gasteiger partial charge in [0.2, 0.25) is 5.95 Å². The van der Waals surface area contributed by atoms with Crippen LogP contribution in [0.1, 0.15) is 20.8 Å². The Morgan fingerprint density at radius 2 is 2.00 bits per heavy atom. The highest BCUT2D eigenvalue weighted by molar-refractivity contribution is 7.83. The van der Waals surface area contributed by atoms with Gasteiger partial charge in [-0.2, -0.15) is 4.98 Å². The zero-order chi connectivity index (χ0) is 25.1. The zero-order valence-corrected chi connectivity index (χ0v) is 21.4. The number of nitrogens with two attached hydrogens (primary N) is 1. The van der Waals surface area contributed by atoms with Crippen molar-refractivity contribution >= 4 is 39.6 Å². The van der Waals surface area contributed by atoms with Gasteiger partial charge >= 0.3 is 0 Å². The van der Waals surface area contributed by atoms with Crippen molar-refractivity contribution in [1.29, 1.82) is 0 Å². The average Bonchev–Trinajstić information content (AvgIpc) is 2.82. The van der Waals surface area contributed by atoms with Crippen molar-refractivity contribution in [2.75, 3.05) is 25.1 Å². The van der Waals surface area contributed by atoms with Crippen LogP contribution in [0.15, 0.2) is 40.2 Å². The Labute approximate surface area is 210 Å². The maximum atomic E-state index is 13.7. The van der Waals surface area contributed by atoms with E-state index in [4.69, 9.17) is 26.8 Å². The smallest absolute Gasteiger partial charge is 0.260 e. The van der Waals surface area contributed by atoms with Gasteiger partial charge in [0.15, 0.2) is 6.29 Å². The number of halogens is 1. The summed E-state index contributed by atoms with van der Waals surface area (Å²) in [6, 6.07) is 6.54. The van der Waals surface area contributed by atoms with Crippen molar-refractivity contribution in [3.8, 4) is 11.1 Å². The molecule has 3 aromatic rings. The second-order valence-electron chi connectivity index (χ2n) is 8.52. The highest BCUT2D eigenvalue weighted by Crippen LogP contribution is 2.29. The zero-order valence-electron chi connectivity index (χ0n) is 19.8. The van der Waals surface area contributed by atoms with Gasteiger partial charge in [-0.15, -0.1) is 0 Å². The van der Waals surface area contributed by atoms with E-state index in [1.807, 2.05) is 20.8 Å². The molecule has 1 unspecified atom stereocenters. The fraction of sp³-hybridized carbons (Fsp3) is 0.435. The minimum absolute atomic E-state index is 0.0350. The SMILES string of the molecule is CCNc1ncc2cc(-c3ccc(S(=O)NC(C)C)cc3Cl)c(=O)n(CC3OCC(N)CO3)c2n1. The molecule has 0 amide bonds. The van der Waals surface area contributed by atoms with Crippen molar-refractivity contribution in [3.05, 3.63) is 45.8 Å². The van der Waals surface area contributed by atoms with E-state index in [1.165, 1.54) is 4.57 Å². The molecule has 0 bridgehead atoms. The molecule has 10 nitrogen and oxygen atoms in total. The second kappa shape index (κ2) is 11.1. The number of hydrogen-bond acceptors (Lipinski definition) is 8. The summed E-state index contributed by atoms with van der Waals surface area (Å²) in [4.78, 5) is 23.1. The second-order valence-corrected chi connectivity index (χ2v) is 10.2. The van der Waals surface area contributed by atoms with E-state index in [2.05, 4.69) is 20.0 Å². The number of fused-ring (bicyclic) bond motifs is 1. The van der Waals surface area contributed by atoms with Gasteiger partial charge in [-0.05, 0) is 39.0 Å². The molecular weight excluding hydrogens is 492 g/mol. The highest BCUT2D eigenvalue weighted by atomic mass is 35.5. The summed E-state index contributed by atoms with van der Waals surface area (Å²) in [5, 5.41) is 4.03. The fourth-order valence-corrected chi connectivity index (χ4v) is 5.02. The first-order chi connectivity index (χ1) is 16.8. The molecule has 1 aliphatic rings. The molecule has 1 atom stereocenters. The summed E-state index contributed by atoms with van der Waals surface area (Å²) >= 11 is 6.58. The van der Waals surface area contributed by atoms with E-state index < -0.39 is 17.3 Å². The van der Waals surface area contributed by atoms with Crippen molar-refractivity contribution in [2.24, 2.45) is 5.73 Å². The third-order valence-electron chi connectivity index (χ3n) is 5.27. The standard InChI is InChI=1S/C23H29ClN6O4S/c1-4-26-23-27-9-14-7-18(17-6-5-16(8-19(17)24)35(32)29-13(2)3)22(31)30(21(14)28-23)10-20-33-11-15(25)12-34-20/h5-9,13,15,20,29H,4,10-12,25H2,1-3H3,(H,26,27,28). The normalized spacial score (nSPS) is 19.3. The van der Waals surface area contributed by atoms with Crippen LogP contribution in [0, 0.1) is 0 Å². The Kier molecular flexibility index (Phi) is 8.15. The first kappa shape index (κ1) is 25.7. The molecule has 3 heterocycles. The van der Waals surface area contributed by atoms with Crippen LogP contribution in [0.4, 0.5) is 5.95 Å². The quantitative estimate of drug-likeness (QED) is 0.412. The molecule has 0 saturated carbocycles. The lowest BCUT2D eigenvalue weighted by Gasteiger charge is -2.28. The van der Waals surface area contributed by atoms with Crippen LogP contribution in [0.2, 0.25) is 5.02 Å². The van der Waals surface area contributed by atoms with E-state index in [1.54, 1.807) is 30.5 Å². The van der Waals surface area contributed by atoms with Crippen molar-refractivity contribution in [1.82, 2.24) is 19.3 Å². The van der Waals surface area contributed by atoms with Crippen molar-refractivity contribution in [3.63, 3.8) is 0 Å². The number of pyridine rings is 1. The number of nitrogens with zero attached hydrogens (tertiary/aromatic N) is 3. The van der Waals surface area contributed by atoms with Crippen LogP contribution in [0.25, 0.3) is 22.2 Å². The number of aromatic nitrogens is 3. The van der Waals surface area contributed by atoms with Gasteiger partial charge in [-0.1, -0.05) is 17.7 Å². The van der Waals surface area contributed by atoms with Gasteiger partial charge in [0.25, 0.3) is 5.56 Å². The molecule has 35 heavy (non-hydrogen) atoms. The number of rotatable bonds is 8. The molecule has 4 N–H and O–H groups in total. The van der Waals surface area contributed by atoms with Gasteiger partial charge in [-0.3, -0.25) is 9.36 Å². The molecule has 2 aromatic heterocycles. The van der Waals surface area contributed by atoms with Crippen LogP contribution in [0.3, 0.4) is 0 Å². The summed E-state index contributed by atoms with van der Waals surface area (Å²) in [6.45, 7) is 7.18. The number of hydrogen-bond donors (Lipinski definition) is 3. The van der Waals surface area contributed by atoms with Crippen LogP contribution in [-0.4, -0.2) is 56.9 Å².